The maximum atomic E-state index is 12.3. The van der Waals surface area contributed by atoms with Crippen LogP contribution in [0.25, 0.3) is 10.2 Å². The Kier molecular flexibility index (Phi) is 4.78. The first-order valence-electron chi connectivity index (χ1n) is 7.54. The number of amides is 1. The molecule has 0 radical (unpaired) electrons. The van der Waals surface area contributed by atoms with Crippen LogP contribution in [0, 0.1) is 12.3 Å². The molecule has 0 saturated carbocycles. The van der Waals surface area contributed by atoms with Crippen LogP contribution in [0.15, 0.2) is 42.5 Å². The zero-order valence-electron chi connectivity index (χ0n) is 13.2. The maximum absolute atomic E-state index is 12.3. The highest BCUT2D eigenvalue weighted by atomic mass is 32.1. The van der Waals surface area contributed by atoms with Crippen LogP contribution < -0.4 is 5.32 Å². The molecule has 0 saturated heterocycles. The van der Waals surface area contributed by atoms with Crippen molar-refractivity contribution in [1.29, 1.82) is 0 Å². The number of aromatic hydroxyl groups is 1. The Bertz CT molecular complexity index is 984. The second kappa shape index (κ2) is 7.16. The number of terminal acetylenes is 1. The molecule has 0 atom stereocenters. The van der Waals surface area contributed by atoms with Crippen LogP contribution in [0.2, 0.25) is 0 Å². The van der Waals surface area contributed by atoms with E-state index in [1.165, 1.54) is 11.3 Å². The summed E-state index contributed by atoms with van der Waals surface area (Å²) >= 11 is 1.28. The first-order valence-corrected chi connectivity index (χ1v) is 8.36. The number of thiazole rings is 1. The molecule has 124 valence electrons. The second-order valence-electron chi connectivity index (χ2n) is 5.33. The van der Waals surface area contributed by atoms with Gasteiger partial charge in [-0.1, -0.05) is 23.5 Å². The Balaban J connectivity index is 1.72. The molecular formula is C19H14N2O3S. The molecule has 0 aliphatic heterocycles. The molecular weight excluding hydrogens is 336 g/mol. The highest BCUT2D eigenvalue weighted by molar-refractivity contribution is 7.22. The van der Waals surface area contributed by atoms with E-state index in [4.69, 9.17) is 6.42 Å². The average molecular weight is 350 g/mol. The summed E-state index contributed by atoms with van der Waals surface area (Å²) in [5, 5.41) is 12.6. The number of anilines is 1. The number of phenolic OH excluding ortho intramolecular Hbond substituents is 1. The van der Waals surface area contributed by atoms with Crippen LogP contribution in [-0.2, 0) is 0 Å². The molecule has 0 aliphatic rings. The molecule has 1 heterocycles. The highest BCUT2D eigenvalue weighted by Gasteiger charge is 2.12. The fraction of sp³-hybridized carbons (Fsp3) is 0.105. The van der Waals surface area contributed by atoms with Gasteiger partial charge in [-0.05, 0) is 30.3 Å². The second-order valence-corrected chi connectivity index (χ2v) is 6.36. The minimum absolute atomic E-state index is 0.0455. The van der Waals surface area contributed by atoms with Crippen molar-refractivity contribution in [2.75, 3.05) is 5.32 Å². The number of carbonyl (C=O) groups is 2. The van der Waals surface area contributed by atoms with E-state index in [1.807, 2.05) is 0 Å². The topological polar surface area (TPSA) is 79.3 Å². The first-order chi connectivity index (χ1) is 12.1. The quantitative estimate of drug-likeness (QED) is 0.541. The standard InChI is InChI=1S/C19H14N2O3S/c1-2-3-4-16(23)12-5-7-13(8-6-12)18(24)21-19-20-15-10-9-14(22)11-17(15)25-19/h1,5-11,22H,3-4H2,(H,20,21,24). The summed E-state index contributed by atoms with van der Waals surface area (Å²) in [5.74, 6) is 2.23. The predicted molar refractivity (Wildman–Crippen MR) is 98.1 cm³/mol. The van der Waals surface area contributed by atoms with Gasteiger partial charge in [-0.3, -0.25) is 14.9 Å². The number of hydrogen-bond donors (Lipinski definition) is 2. The number of nitrogens with one attached hydrogen (secondary N) is 1. The third-order valence-corrected chi connectivity index (χ3v) is 4.49. The molecule has 0 unspecified atom stereocenters. The number of Topliss-reactive ketones (excluding diaryl/α,β-unsaturated/α-hetero) is 1. The van der Waals surface area contributed by atoms with Crippen LogP contribution in [-0.4, -0.2) is 21.8 Å². The molecule has 2 aromatic carbocycles. The zero-order valence-corrected chi connectivity index (χ0v) is 14.0. The Labute approximate surface area is 148 Å². The number of phenols is 1. The van der Waals surface area contributed by atoms with Gasteiger partial charge in [-0.2, -0.15) is 0 Å². The SMILES string of the molecule is C#CCCC(=O)c1ccc(C(=O)Nc2nc3ccc(O)cc3s2)cc1. The maximum Gasteiger partial charge on any atom is 0.257 e. The Hall–Kier alpha value is -3.17. The number of benzene rings is 2. The molecule has 5 nitrogen and oxygen atoms in total. The van der Waals surface area contributed by atoms with E-state index in [0.717, 1.165) is 4.70 Å². The van der Waals surface area contributed by atoms with Gasteiger partial charge in [0.2, 0.25) is 0 Å². The molecule has 25 heavy (non-hydrogen) atoms. The van der Waals surface area contributed by atoms with E-state index >= 15 is 0 Å². The monoisotopic (exact) mass is 350 g/mol. The number of nitrogens with zero attached hydrogens (tertiary/aromatic N) is 1. The van der Waals surface area contributed by atoms with E-state index in [9.17, 15) is 14.7 Å². The van der Waals surface area contributed by atoms with Gasteiger partial charge in [0.1, 0.15) is 5.75 Å². The number of hydrogen-bond acceptors (Lipinski definition) is 5. The summed E-state index contributed by atoms with van der Waals surface area (Å²) in [7, 11) is 0. The summed E-state index contributed by atoms with van der Waals surface area (Å²) in [5.41, 5.74) is 1.66. The number of carbonyl (C=O) groups excluding carboxylic acids is 2. The minimum atomic E-state index is -0.314. The summed E-state index contributed by atoms with van der Waals surface area (Å²) in [6.45, 7) is 0. The van der Waals surface area contributed by atoms with Gasteiger partial charge in [0.15, 0.2) is 10.9 Å². The van der Waals surface area contributed by atoms with Gasteiger partial charge < -0.3 is 5.11 Å². The van der Waals surface area contributed by atoms with E-state index in [2.05, 4.69) is 16.2 Å². The zero-order chi connectivity index (χ0) is 17.8. The lowest BCUT2D eigenvalue weighted by Gasteiger charge is -2.03. The van der Waals surface area contributed by atoms with Crippen molar-refractivity contribution in [3.63, 3.8) is 0 Å². The van der Waals surface area contributed by atoms with Crippen LogP contribution in [0.3, 0.4) is 0 Å². The van der Waals surface area contributed by atoms with Crippen molar-refractivity contribution in [1.82, 2.24) is 4.98 Å². The number of aromatic nitrogens is 1. The minimum Gasteiger partial charge on any atom is -0.508 e. The molecule has 3 rings (SSSR count). The first kappa shape index (κ1) is 16.7. The molecule has 1 amide bonds. The van der Waals surface area contributed by atoms with Crippen LogP contribution in [0.1, 0.15) is 33.6 Å². The number of rotatable bonds is 5. The predicted octanol–water partition coefficient (Wildman–Crippen LogP) is 3.85. The summed E-state index contributed by atoms with van der Waals surface area (Å²) in [6, 6.07) is 11.2. The highest BCUT2D eigenvalue weighted by Crippen LogP contribution is 2.29. The van der Waals surface area contributed by atoms with Crippen LogP contribution >= 0.6 is 11.3 Å². The van der Waals surface area contributed by atoms with Crippen molar-refractivity contribution in [3.05, 3.63) is 53.6 Å². The van der Waals surface area contributed by atoms with Crippen molar-refractivity contribution in [2.24, 2.45) is 0 Å². The third kappa shape index (κ3) is 3.84. The van der Waals surface area contributed by atoms with Crippen molar-refractivity contribution >= 4 is 38.4 Å². The van der Waals surface area contributed by atoms with E-state index in [-0.39, 0.29) is 17.4 Å². The summed E-state index contributed by atoms with van der Waals surface area (Å²) in [6.07, 6.45) is 5.84. The molecule has 1 aromatic heterocycles. The third-order valence-electron chi connectivity index (χ3n) is 3.56. The van der Waals surface area contributed by atoms with Gasteiger partial charge in [0.25, 0.3) is 5.91 Å². The number of ketones is 1. The van der Waals surface area contributed by atoms with Crippen LogP contribution in [0.5, 0.6) is 5.75 Å². The average Bonchev–Trinajstić information content (AvgIpc) is 3.01. The number of fused-ring (bicyclic) bond motifs is 1. The smallest absolute Gasteiger partial charge is 0.257 e. The lowest BCUT2D eigenvalue weighted by atomic mass is 10.0. The fourth-order valence-corrected chi connectivity index (χ4v) is 3.17. The van der Waals surface area contributed by atoms with E-state index in [0.29, 0.717) is 34.6 Å². The van der Waals surface area contributed by atoms with Crippen molar-refractivity contribution in [3.8, 4) is 18.1 Å². The largest absolute Gasteiger partial charge is 0.508 e. The fourth-order valence-electron chi connectivity index (χ4n) is 2.27. The van der Waals surface area contributed by atoms with Gasteiger partial charge in [-0.15, -0.1) is 12.3 Å². The van der Waals surface area contributed by atoms with Gasteiger partial charge in [-0.25, -0.2) is 4.98 Å². The lowest BCUT2D eigenvalue weighted by Crippen LogP contribution is -2.12. The molecule has 6 heteroatoms. The molecule has 2 N–H and O–H groups in total. The summed E-state index contributed by atoms with van der Waals surface area (Å²) in [4.78, 5) is 28.5. The molecule has 3 aromatic rings. The van der Waals surface area contributed by atoms with Crippen molar-refractivity contribution < 1.29 is 14.7 Å². The Morgan fingerprint density at radius 3 is 2.60 bits per heavy atom. The van der Waals surface area contributed by atoms with Gasteiger partial charge in [0, 0.05) is 24.0 Å². The molecule has 0 aliphatic carbocycles. The van der Waals surface area contributed by atoms with E-state index < -0.39 is 0 Å². The van der Waals surface area contributed by atoms with E-state index in [1.54, 1.807) is 42.5 Å². The Morgan fingerprint density at radius 1 is 1.16 bits per heavy atom. The lowest BCUT2D eigenvalue weighted by molar-refractivity contribution is 0.0981. The van der Waals surface area contributed by atoms with Gasteiger partial charge >= 0.3 is 0 Å². The molecule has 0 bridgehead atoms. The normalized spacial score (nSPS) is 10.4. The Morgan fingerprint density at radius 2 is 1.88 bits per heavy atom. The molecule has 0 fully saturated rings. The molecule has 0 spiro atoms. The van der Waals surface area contributed by atoms with Gasteiger partial charge in [0.05, 0.1) is 10.2 Å². The summed E-state index contributed by atoms with van der Waals surface area (Å²) < 4.78 is 0.782. The van der Waals surface area contributed by atoms with Crippen LogP contribution in [0.4, 0.5) is 5.13 Å². The van der Waals surface area contributed by atoms with Crippen molar-refractivity contribution in [2.45, 2.75) is 12.8 Å².